The molecule has 0 aliphatic carbocycles. The molecule has 0 fully saturated rings. The molecule has 0 saturated heterocycles. The van der Waals surface area contributed by atoms with Crippen LogP contribution in [0.1, 0.15) is 12.5 Å². The van der Waals surface area contributed by atoms with Crippen molar-refractivity contribution < 1.29 is 14.3 Å². The number of methoxy groups -OCH3 is 2. The van der Waals surface area contributed by atoms with Crippen LogP contribution in [0.5, 0.6) is 11.5 Å². The first-order valence-corrected chi connectivity index (χ1v) is 10.3. The van der Waals surface area contributed by atoms with E-state index in [0.717, 1.165) is 17.0 Å². The smallest absolute Gasteiger partial charge is 0.250 e. The Bertz CT molecular complexity index is 1020. The second kappa shape index (κ2) is 10.4. The number of hydrogen-bond acceptors (Lipinski definition) is 7. The van der Waals surface area contributed by atoms with Crippen LogP contribution in [0, 0.1) is 0 Å². The predicted octanol–water partition coefficient (Wildman–Crippen LogP) is 3.22. The zero-order valence-corrected chi connectivity index (χ0v) is 17.8. The fourth-order valence-electron chi connectivity index (χ4n) is 2.74. The van der Waals surface area contributed by atoms with Gasteiger partial charge in [0.2, 0.25) is 0 Å². The summed E-state index contributed by atoms with van der Waals surface area (Å²) in [6.07, 6.45) is 1.53. The zero-order chi connectivity index (χ0) is 21.3. The van der Waals surface area contributed by atoms with E-state index < -0.39 is 0 Å². The number of benzene rings is 2. The van der Waals surface area contributed by atoms with Gasteiger partial charge in [0.1, 0.15) is 11.5 Å². The van der Waals surface area contributed by atoms with Gasteiger partial charge in [-0.2, -0.15) is 5.10 Å². The Morgan fingerprint density at radius 2 is 1.97 bits per heavy atom. The summed E-state index contributed by atoms with van der Waals surface area (Å²) in [5.74, 6) is 2.00. The number of nitrogens with zero attached hydrogens (tertiary/aromatic N) is 4. The van der Waals surface area contributed by atoms with Gasteiger partial charge in [-0.1, -0.05) is 42.1 Å². The minimum atomic E-state index is -0.240. The van der Waals surface area contributed by atoms with Gasteiger partial charge in [0.15, 0.2) is 11.0 Å². The van der Waals surface area contributed by atoms with E-state index in [1.165, 1.54) is 18.0 Å². The zero-order valence-electron chi connectivity index (χ0n) is 17.0. The summed E-state index contributed by atoms with van der Waals surface area (Å²) >= 11 is 1.32. The van der Waals surface area contributed by atoms with Crippen LogP contribution in [-0.4, -0.2) is 46.9 Å². The van der Waals surface area contributed by atoms with Gasteiger partial charge in [0.05, 0.1) is 26.2 Å². The van der Waals surface area contributed by atoms with Crippen molar-refractivity contribution in [2.24, 2.45) is 5.10 Å². The number of hydrazone groups is 1. The van der Waals surface area contributed by atoms with Crippen LogP contribution < -0.4 is 14.9 Å². The summed E-state index contributed by atoms with van der Waals surface area (Å²) in [6, 6.07) is 15.2. The Morgan fingerprint density at radius 1 is 1.17 bits per heavy atom. The summed E-state index contributed by atoms with van der Waals surface area (Å²) < 4.78 is 12.5. The Hall–Kier alpha value is -3.33. The summed E-state index contributed by atoms with van der Waals surface area (Å²) in [5.41, 5.74) is 4.24. The lowest BCUT2D eigenvalue weighted by Gasteiger charge is -2.07. The normalized spacial score (nSPS) is 10.9. The number of thioether (sulfide) groups is 1. The molecule has 0 spiro atoms. The number of hydrogen-bond donors (Lipinski definition) is 1. The number of ether oxygens (including phenoxy) is 2. The molecular formula is C21H23N5O3S. The van der Waals surface area contributed by atoms with Crippen LogP contribution in [0.4, 0.5) is 0 Å². The van der Waals surface area contributed by atoms with Crippen molar-refractivity contribution in [1.82, 2.24) is 20.2 Å². The lowest BCUT2D eigenvalue weighted by molar-refractivity contribution is -0.118. The van der Waals surface area contributed by atoms with Crippen LogP contribution in [0.15, 0.2) is 58.8 Å². The van der Waals surface area contributed by atoms with E-state index in [1.54, 1.807) is 32.4 Å². The molecule has 0 unspecified atom stereocenters. The lowest BCUT2D eigenvalue weighted by atomic mass is 10.2. The SMILES string of the molecule is CCn1c(SCC(=O)N/N=C\c2ccc(OC)cc2OC)nnc1-c1ccccc1. The van der Waals surface area contributed by atoms with Crippen LogP contribution in [-0.2, 0) is 11.3 Å². The van der Waals surface area contributed by atoms with E-state index in [1.807, 2.05) is 41.8 Å². The molecular weight excluding hydrogens is 402 g/mol. The van der Waals surface area contributed by atoms with E-state index in [-0.39, 0.29) is 11.7 Å². The van der Waals surface area contributed by atoms with Gasteiger partial charge >= 0.3 is 0 Å². The molecule has 1 aromatic heterocycles. The van der Waals surface area contributed by atoms with Gasteiger partial charge in [-0.3, -0.25) is 4.79 Å². The third-order valence-corrected chi connectivity index (χ3v) is 5.20. The quantitative estimate of drug-likeness (QED) is 0.322. The average molecular weight is 426 g/mol. The third kappa shape index (κ3) is 5.18. The summed E-state index contributed by atoms with van der Waals surface area (Å²) in [4.78, 5) is 12.2. The molecule has 0 aliphatic rings. The van der Waals surface area contributed by atoms with E-state index in [2.05, 4.69) is 20.7 Å². The Balaban J connectivity index is 1.59. The van der Waals surface area contributed by atoms with Crippen LogP contribution >= 0.6 is 11.8 Å². The molecule has 1 heterocycles. The number of amides is 1. The van der Waals surface area contributed by atoms with Gasteiger partial charge in [-0.15, -0.1) is 10.2 Å². The molecule has 3 aromatic rings. The summed E-state index contributed by atoms with van der Waals surface area (Å²) in [7, 11) is 3.15. The van der Waals surface area contributed by atoms with Gasteiger partial charge < -0.3 is 14.0 Å². The van der Waals surface area contributed by atoms with Crippen molar-refractivity contribution in [3.8, 4) is 22.9 Å². The standard InChI is InChI=1S/C21H23N5O3S/c1-4-26-20(15-8-6-5-7-9-15)24-25-21(26)30-14-19(27)23-22-13-16-10-11-17(28-2)12-18(16)29-3/h5-13H,4,14H2,1-3H3,(H,23,27)/b22-13-. The molecule has 0 aliphatic heterocycles. The molecule has 0 atom stereocenters. The highest BCUT2D eigenvalue weighted by atomic mass is 32.2. The molecule has 0 saturated carbocycles. The van der Waals surface area contributed by atoms with Crippen molar-refractivity contribution in [2.45, 2.75) is 18.6 Å². The van der Waals surface area contributed by atoms with Crippen LogP contribution in [0.3, 0.4) is 0 Å². The van der Waals surface area contributed by atoms with Gasteiger partial charge in [0, 0.05) is 23.7 Å². The molecule has 30 heavy (non-hydrogen) atoms. The van der Waals surface area contributed by atoms with Crippen LogP contribution in [0.2, 0.25) is 0 Å². The van der Waals surface area contributed by atoms with Crippen molar-refractivity contribution in [3.63, 3.8) is 0 Å². The molecule has 2 aromatic carbocycles. The van der Waals surface area contributed by atoms with E-state index in [0.29, 0.717) is 23.2 Å². The first kappa shape index (κ1) is 21.4. The number of carbonyl (C=O) groups is 1. The van der Waals surface area contributed by atoms with E-state index >= 15 is 0 Å². The highest BCUT2D eigenvalue weighted by molar-refractivity contribution is 7.99. The topological polar surface area (TPSA) is 90.6 Å². The number of nitrogens with one attached hydrogen (secondary N) is 1. The minimum absolute atomic E-state index is 0.171. The number of rotatable bonds is 9. The second-order valence-corrected chi connectivity index (χ2v) is 7.05. The molecule has 9 heteroatoms. The molecule has 156 valence electrons. The predicted molar refractivity (Wildman–Crippen MR) is 117 cm³/mol. The van der Waals surface area contributed by atoms with Crippen molar-refractivity contribution in [3.05, 3.63) is 54.1 Å². The largest absolute Gasteiger partial charge is 0.497 e. The Labute approximate surface area is 179 Å². The first-order valence-electron chi connectivity index (χ1n) is 9.31. The third-order valence-electron chi connectivity index (χ3n) is 4.23. The van der Waals surface area contributed by atoms with Gasteiger partial charge in [-0.05, 0) is 19.1 Å². The van der Waals surface area contributed by atoms with Crippen molar-refractivity contribution in [2.75, 3.05) is 20.0 Å². The number of aromatic nitrogens is 3. The minimum Gasteiger partial charge on any atom is -0.497 e. The molecule has 0 radical (unpaired) electrons. The Morgan fingerprint density at radius 3 is 2.67 bits per heavy atom. The molecule has 1 amide bonds. The fourth-order valence-corrected chi connectivity index (χ4v) is 3.54. The second-order valence-electron chi connectivity index (χ2n) is 6.11. The fraction of sp³-hybridized carbons (Fsp3) is 0.238. The maximum atomic E-state index is 12.2. The first-order chi connectivity index (χ1) is 14.7. The molecule has 1 N–H and O–H groups in total. The maximum Gasteiger partial charge on any atom is 0.250 e. The average Bonchev–Trinajstić information content (AvgIpc) is 3.21. The molecule has 0 bridgehead atoms. The summed E-state index contributed by atoms with van der Waals surface area (Å²) in [6.45, 7) is 2.73. The monoisotopic (exact) mass is 425 g/mol. The van der Waals surface area contributed by atoms with Crippen molar-refractivity contribution in [1.29, 1.82) is 0 Å². The highest BCUT2D eigenvalue weighted by Crippen LogP contribution is 2.24. The van der Waals surface area contributed by atoms with Gasteiger partial charge in [0.25, 0.3) is 5.91 Å². The van der Waals surface area contributed by atoms with E-state index in [4.69, 9.17) is 9.47 Å². The van der Waals surface area contributed by atoms with Gasteiger partial charge in [-0.25, -0.2) is 5.43 Å². The number of carbonyl (C=O) groups excluding carboxylic acids is 1. The lowest BCUT2D eigenvalue weighted by Crippen LogP contribution is -2.20. The van der Waals surface area contributed by atoms with Crippen LogP contribution in [0.25, 0.3) is 11.4 Å². The Kier molecular flexibility index (Phi) is 7.45. The highest BCUT2D eigenvalue weighted by Gasteiger charge is 2.14. The molecule has 8 nitrogen and oxygen atoms in total. The summed E-state index contributed by atoms with van der Waals surface area (Å²) in [5, 5.41) is 13.2. The maximum absolute atomic E-state index is 12.2. The van der Waals surface area contributed by atoms with Crippen molar-refractivity contribution >= 4 is 23.9 Å². The van der Waals surface area contributed by atoms with E-state index in [9.17, 15) is 4.79 Å². The molecule has 3 rings (SSSR count).